The van der Waals surface area contributed by atoms with Crippen LogP contribution in [0.5, 0.6) is 11.5 Å². The molecule has 0 heterocycles. The minimum absolute atomic E-state index is 0.234. The quantitative estimate of drug-likeness (QED) is 0.800. The lowest BCUT2D eigenvalue weighted by Gasteiger charge is -2.23. The van der Waals surface area contributed by atoms with Crippen LogP contribution in [0.25, 0.3) is 0 Å². The number of rotatable bonds is 6. The minimum Gasteiger partial charge on any atom is -0.495 e. The molecule has 6 nitrogen and oxygen atoms in total. The van der Waals surface area contributed by atoms with Crippen molar-refractivity contribution in [3.63, 3.8) is 0 Å². The summed E-state index contributed by atoms with van der Waals surface area (Å²) in [5.74, 6) is 0.122. The van der Waals surface area contributed by atoms with E-state index in [0.29, 0.717) is 32.9 Å². The Hall–Kier alpha value is -2.44. The topological polar surface area (TPSA) is 67.9 Å². The van der Waals surface area contributed by atoms with Gasteiger partial charge in [-0.1, -0.05) is 23.2 Å². The first-order chi connectivity index (χ1) is 12.3. The minimum atomic E-state index is -0.428. The van der Waals surface area contributed by atoms with Crippen LogP contribution in [0.3, 0.4) is 0 Å². The lowest BCUT2D eigenvalue weighted by molar-refractivity contribution is -0.120. The second-order valence-electron chi connectivity index (χ2n) is 5.31. The Morgan fingerprint density at radius 3 is 2.15 bits per heavy atom. The van der Waals surface area contributed by atoms with Crippen molar-refractivity contribution in [2.45, 2.75) is 6.92 Å². The Bertz CT molecular complexity index is 827. The van der Waals surface area contributed by atoms with Gasteiger partial charge in [-0.2, -0.15) is 0 Å². The van der Waals surface area contributed by atoms with Crippen LogP contribution in [0.2, 0.25) is 10.0 Å². The van der Waals surface area contributed by atoms with Crippen LogP contribution in [-0.2, 0) is 9.59 Å². The van der Waals surface area contributed by atoms with E-state index in [2.05, 4.69) is 5.32 Å². The van der Waals surface area contributed by atoms with E-state index >= 15 is 0 Å². The lowest BCUT2D eigenvalue weighted by Crippen LogP contribution is -2.37. The molecule has 0 unspecified atom stereocenters. The number of methoxy groups -OCH3 is 2. The zero-order valence-electron chi connectivity index (χ0n) is 14.5. The van der Waals surface area contributed by atoms with Crippen molar-refractivity contribution >= 4 is 46.4 Å². The van der Waals surface area contributed by atoms with Gasteiger partial charge in [0.25, 0.3) is 0 Å². The molecule has 0 bridgehead atoms. The van der Waals surface area contributed by atoms with Gasteiger partial charge < -0.3 is 14.8 Å². The van der Waals surface area contributed by atoms with Crippen LogP contribution in [0, 0.1) is 0 Å². The molecule has 2 amide bonds. The van der Waals surface area contributed by atoms with Crippen molar-refractivity contribution in [2.24, 2.45) is 0 Å². The fraction of sp³-hybridized carbons (Fsp3) is 0.222. The van der Waals surface area contributed by atoms with Gasteiger partial charge in [-0.25, -0.2) is 0 Å². The number of carbonyl (C=O) groups is 2. The summed E-state index contributed by atoms with van der Waals surface area (Å²) >= 11 is 12.0. The molecule has 0 fully saturated rings. The van der Waals surface area contributed by atoms with E-state index in [1.165, 1.54) is 26.0 Å². The first-order valence-electron chi connectivity index (χ1n) is 7.60. The molecule has 1 N–H and O–H groups in total. The number of anilines is 2. The number of halogens is 2. The molecule has 2 aromatic carbocycles. The Morgan fingerprint density at radius 1 is 1.00 bits per heavy atom. The zero-order valence-corrected chi connectivity index (χ0v) is 16.0. The van der Waals surface area contributed by atoms with Crippen molar-refractivity contribution in [2.75, 3.05) is 31.0 Å². The van der Waals surface area contributed by atoms with Crippen LogP contribution in [0.15, 0.2) is 36.4 Å². The van der Waals surface area contributed by atoms with Crippen LogP contribution < -0.4 is 19.7 Å². The summed E-state index contributed by atoms with van der Waals surface area (Å²) in [7, 11) is 2.96. The highest BCUT2D eigenvalue weighted by atomic mass is 35.5. The molecule has 0 saturated heterocycles. The normalized spacial score (nSPS) is 10.2. The highest BCUT2D eigenvalue weighted by molar-refractivity contribution is 6.31. The van der Waals surface area contributed by atoms with Gasteiger partial charge in [0.05, 0.1) is 25.6 Å². The van der Waals surface area contributed by atoms with E-state index in [4.69, 9.17) is 32.7 Å². The number of hydrogen-bond donors (Lipinski definition) is 1. The molecule has 0 radical (unpaired) electrons. The molecule has 0 aliphatic carbocycles. The molecule has 26 heavy (non-hydrogen) atoms. The maximum atomic E-state index is 12.5. The summed E-state index contributed by atoms with van der Waals surface area (Å²) in [5.41, 5.74) is 0.812. The zero-order chi connectivity index (χ0) is 19.3. The van der Waals surface area contributed by atoms with Gasteiger partial charge in [0.15, 0.2) is 0 Å². The van der Waals surface area contributed by atoms with E-state index in [9.17, 15) is 9.59 Å². The first-order valence-corrected chi connectivity index (χ1v) is 8.36. The van der Waals surface area contributed by atoms with Crippen molar-refractivity contribution in [1.82, 2.24) is 0 Å². The number of ether oxygens (including phenoxy) is 2. The molecule has 0 aromatic heterocycles. The van der Waals surface area contributed by atoms with Gasteiger partial charge >= 0.3 is 0 Å². The fourth-order valence-electron chi connectivity index (χ4n) is 2.35. The smallest absolute Gasteiger partial charge is 0.244 e. The predicted molar refractivity (Wildman–Crippen MR) is 103 cm³/mol. The summed E-state index contributed by atoms with van der Waals surface area (Å²) in [4.78, 5) is 25.9. The van der Waals surface area contributed by atoms with Crippen molar-refractivity contribution in [3.05, 3.63) is 46.4 Å². The number of nitrogens with zero attached hydrogens (tertiary/aromatic N) is 1. The van der Waals surface area contributed by atoms with Gasteiger partial charge in [-0.15, -0.1) is 0 Å². The number of hydrogen-bond acceptors (Lipinski definition) is 4. The van der Waals surface area contributed by atoms with Crippen molar-refractivity contribution in [1.29, 1.82) is 0 Å². The molecule has 0 atom stereocenters. The maximum Gasteiger partial charge on any atom is 0.244 e. The molecule has 2 rings (SSSR count). The van der Waals surface area contributed by atoms with Gasteiger partial charge in [-0.05, 0) is 36.4 Å². The molecule has 0 spiro atoms. The van der Waals surface area contributed by atoms with Crippen molar-refractivity contribution in [3.8, 4) is 11.5 Å². The van der Waals surface area contributed by atoms with Crippen molar-refractivity contribution < 1.29 is 19.1 Å². The summed E-state index contributed by atoms with van der Waals surface area (Å²) in [6.07, 6.45) is 0. The second kappa shape index (κ2) is 8.78. The molecule has 2 aromatic rings. The molecular weight excluding hydrogens is 379 g/mol. The molecular formula is C18H18Cl2N2O4. The first kappa shape index (κ1) is 19.9. The number of amides is 2. The number of nitrogens with one attached hydrogen (secondary N) is 1. The van der Waals surface area contributed by atoms with E-state index in [0.717, 1.165) is 0 Å². The summed E-state index contributed by atoms with van der Waals surface area (Å²) in [5, 5.41) is 3.56. The van der Waals surface area contributed by atoms with Gasteiger partial charge in [0.1, 0.15) is 18.0 Å². The number of carbonyl (C=O) groups excluding carboxylic acids is 2. The van der Waals surface area contributed by atoms with Gasteiger partial charge in [0, 0.05) is 17.0 Å². The van der Waals surface area contributed by atoms with E-state index < -0.39 is 5.91 Å². The van der Waals surface area contributed by atoms with Gasteiger partial charge in [0.2, 0.25) is 11.8 Å². The van der Waals surface area contributed by atoms with Crippen LogP contribution >= 0.6 is 23.2 Å². The lowest BCUT2D eigenvalue weighted by atomic mass is 10.2. The van der Waals surface area contributed by atoms with E-state index in [1.54, 1.807) is 36.4 Å². The molecule has 0 saturated carbocycles. The second-order valence-corrected chi connectivity index (χ2v) is 6.19. The summed E-state index contributed by atoms with van der Waals surface area (Å²) in [6.45, 7) is 1.12. The highest BCUT2D eigenvalue weighted by Gasteiger charge is 2.20. The monoisotopic (exact) mass is 396 g/mol. The number of benzene rings is 2. The van der Waals surface area contributed by atoms with Crippen LogP contribution in [0.1, 0.15) is 6.92 Å². The molecule has 0 aliphatic rings. The SMILES string of the molecule is COc1ccc(Cl)cc1NC(=O)CN(C(C)=O)c1cc(Cl)ccc1OC. The Morgan fingerprint density at radius 2 is 1.58 bits per heavy atom. The van der Waals surface area contributed by atoms with Gasteiger partial charge in [-0.3, -0.25) is 14.5 Å². The third kappa shape index (κ3) is 4.80. The summed E-state index contributed by atoms with van der Waals surface area (Å²) < 4.78 is 10.5. The molecule has 0 aliphatic heterocycles. The third-order valence-electron chi connectivity index (χ3n) is 3.55. The fourth-order valence-corrected chi connectivity index (χ4v) is 2.69. The highest BCUT2D eigenvalue weighted by Crippen LogP contribution is 2.32. The Kier molecular flexibility index (Phi) is 6.71. The van der Waals surface area contributed by atoms with Crippen LogP contribution in [-0.4, -0.2) is 32.6 Å². The average Bonchev–Trinajstić information content (AvgIpc) is 2.59. The van der Waals surface area contributed by atoms with Crippen LogP contribution in [0.4, 0.5) is 11.4 Å². The Balaban J connectivity index is 2.26. The largest absolute Gasteiger partial charge is 0.495 e. The Labute approximate surface area is 161 Å². The standard InChI is InChI=1S/C18H18Cl2N2O4/c1-11(23)22(15-9-13(20)5-7-17(15)26-3)10-18(24)21-14-8-12(19)4-6-16(14)25-2/h4-9H,10H2,1-3H3,(H,21,24). The molecule has 138 valence electrons. The average molecular weight is 397 g/mol. The predicted octanol–water partition coefficient (Wildman–Crippen LogP) is 4.00. The summed E-state index contributed by atoms with van der Waals surface area (Å²) in [6, 6.07) is 9.69. The third-order valence-corrected chi connectivity index (χ3v) is 4.02. The van der Waals surface area contributed by atoms with E-state index in [-0.39, 0.29) is 12.5 Å². The maximum absolute atomic E-state index is 12.5. The van der Waals surface area contributed by atoms with E-state index in [1.807, 2.05) is 0 Å². The molecule has 8 heteroatoms.